The number of benzene rings is 1. The Hall–Kier alpha value is -3.68. The van der Waals surface area contributed by atoms with E-state index in [-0.39, 0.29) is 11.9 Å². The third-order valence-corrected chi connectivity index (χ3v) is 5.40. The molecule has 1 aliphatic heterocycles. The third kappa shape index (κ3) is 3.89. The summed E-state index contributed by atoms with van der Waals surface area (Å²) < 4.78 is 1.68. The molecule has 1 aliphatic rings. The number of anilines is 1. The molecule has 2 N–H and O–H groups in total. The summed E-state index contributed by atoms with van der Waals surface area (Å²) in [4.78, 5) is 31.2. The van der Waals surface area contributed by atoms with Gasteiger partial charge >= 0.3 is 6.03 Å². The zero-order valence-electron chi connectivity index (χ0n) is 17.3. The van der Waals surface area contributed by atoms with Gasteiger partial charge in [-0.05, 0) is 48.7 Å². The van der Waals surface area contributed by atoms with E-state index in [1.165, 1.54) is 5.56 Å². The molecule has 3 heterocycles. The minimum atomic E-state index is -0.257. The molecule has 30 heavy (non-hydrogen) atoms. The van der Waals surface area contributed by atoms with Crippen molar-refractivity contribution in [2.45, 2.75) is 33.5 Å². The molecule has 8 nitrogen and oxygen atoms in total. The van der Waals surface area contributed by atoms with Crippen LogP contribution in [0.1, 0.15) is 38.4 Å². The number of pyridine rings is 1. The summed E-state index contributed by atoms with van der Waals surface area (Å²) in [6.07, 6.45) is 3.40. The van der Waals surface area contributed by atoms with Gasteiger partial charge in [-0.2, -0.15) is 5.10 Å². The van der Waals surface area contributed by atoms with Crippen LogP contribution in [0.2, 0.25) is 0 Å². The van der Waals surface area contributed by atoms with Crippen LogP contribution in [0.3, 0.4) is 0 Å². The molecule has 0 atom stereocenters. The fourth-order valence-corrected chi connectivity index (χ4v) is 3.51. The highest BCUT2D eigenvalue weighted by atomic mass is 16.2. The van der Waals surface area contributed by atoms with Crippen molar-refractivity contribution in [2.75, 3.05) is 5.32 Å². The van der Waals surface area contributed by atoms with E-state index in [0.717, 1.165) is 28.1 Å². The molecular formula is C22H24N6O2. The average Bonchev–Trinajstić information content (AvgIpc) is 3.30. The molecule has 0 saturated heterocycles. The monoisotopic (exact) mass is 404 g/mol. The SMILES string of the molecule is Cc1ccc(NC(=O)N2Cc3c(C(=O)NCc4cccnc4)nn(C)c3C2)cc1C. The number of nitrogens with one attached hydrogen (secondary N) is 2. The van der Waals surface area contributed by atoms with Crippen LogP contribution in [0.25, 0.3) is 0 Å². The summed E-state index contributed by atoms with van der Waals surface area (Å²) in [6, 6.07) is 9.35. The molecule has 0 unspecified atom stereocenters. The van der Waals surface area contributed by atoms with E-state index in [2.05, 4.69) is 20.7 Å². The zero-order chi connectivity index (χ0) is 21.3. The van der Waals surface area contributed by atoms with Gasteiger partial charge in [-0.3, -0.25) is 14.5 Å². The van der Waals surface area contributed by atoms with Gasteiger partial charge in [0.1, 0.15) is 0 Å². The van der Waals surface area contributed by atoms with Crippen LogP contribution < -0.4 is 10.6 Å². The highest BCUT2D eigenvalue weighted by molar-refractivity contribution is 5.95. The van der Waals surface area contributed by atoms with Crippen LogP contribution in [-0.4, -0.2) is 31.6 Å². The van der Waals surface area contributed by atoms with Crippen molar-refractivity contribution in [1.82, 2.24) is 25.0 Å². The van der Waals surface area contributed by atoms with Gasteiger partial charge in [0.05, 0.1) is 18.8 Å². The molecule has 2 aromatic heterocycles. The maximum absolute atomic E-state index is 12.8. The number of fused-ring (bicyclic) bond motifs is 1. The summed E-state index contributed by atoms with van der Waals surface area (Å²) >= 11 is 0. The van der Waals surface area contributed by atoms with Gasteiger partial charge in [0.25, 0.3) is 5.91 Å². The fourth-order valence-electron chi connectivity index (χ4n) is 3.51. The van der Waals surface area contributed by atoms with Crippen molar-refractivity contribution < 1.29 is 9.59 Å². The number of aryl methyl sites for hydroxylation is 3. The summed E-state index contributed by atoms with van der Waals surface area (Å²) in [5.74, 6) is -0.257. The molecule has 1 aromatic carbocycles. The standard InChI is InChI=1S/C22H24N6O2/c1-14-6-7-17(9-15(14)2)25-22(30)28-12-18-19(13-28)27(3)26-20(18)21(29)24-11-16-5-4-8-23-10-16/h4-10H,11-13H2,1-3H3,(H,24,29)(H,25,30). The van der Waals surface area contributed by atoms with Crippen LogP contribution in [0, 0.1) is 13.8 Å². The van der Waals surface area contributed by atoms with E-state index in [1.807, 2.05) is 44.2 Å². The second-order valence-corrected chi connectivity index (χ2v) is 7.53. The number of hydrogen-bond acceptors (Lipinski definition) is 4. The van der Waals surface area contributed by atoms with Gasteiger partial charge in [0, 0.05) is 37.2 Å². The lowest BCUT2D eigenvalue weighted by molar-refractivity contribution is 0.0943. The molecule has 0 fully saturated rings. The van der Waals surface area contributed by atoms with E-state index in [0.29, 0.717) is 25.3 Å². The molecule has 154 valence electrons. The predicted molar refractivity (Wildman–Crippen MR) is 113 cm³/mol. The Morgan fingerprint density at radius 3 is 2.70 bits per heavy atom. The Balaban J connectivity index is 1.44. The molecular weight excluding hydrogens is 380 g/mol. The summed E-state index contributed by atoms with van der Waals surface area (Å²) in [6.45, 7) is 5.17. The molecule has 0 aliphatic carbocycles. The predicted octanol–water partition coefficient (Wildman–Crippen LogP) is 2.91. The summed E-state index contributed by atoms with van der Waals surface area (Å²) in [7, 11) is 1.79. The highest BCUT2D eigenvalue weighted by Crippen LogP contribution is 2.26. The van der Waals surface area contributed by atoms with Gasteiger partial charge in [0.15, 0.2) is 5.69 Å². The number of hydrogen-bond donors (Lipinski definition) is 2. The van der Waals surface area contributed by atoms with E-state index < -0.39 is 0 Å². The number of amides is 3. The van der Waals surface area contributed by atoms with Crippen LogP contribution in [0.4, 0.5) is 10.5 Å². The first-order valence-corrected chi connectivity index (χ1v) is 9.77. The maximum Gasteiger partial charge on any atom is 0.322 e. The summed E-state index contributed by atoms with van der Waals surface area (Å²) in [5, 5.41) is 10.2. The molecule has 8 heteroatoms. The average molecular weight is 404 g/mol. The maximum atomic E-state index is 12.8. The Morgan fingerprint density at radius 2 is 1.97 bits per heavy atom. The van der Waals surface area contributed by atoms with Crippen LogP contribution in [0.15, 0.2) is 42.7 Å². The molecule has 0 radical (unpaired) electrons. The van der Waals surface area contributed by atoms with Crippen molar-refractivity contribution in [2.24, 2.45) is 7.05 Å². The van der Waals surface area contributed by atoms with Crippen molar-refractivity contribution >= 4 is 17.6 Å². The second kappa shape index (κ2) is 7.98. The smallest absolute Gasteiger partial charge is 0.322 e. The van der Waals surface area contributed by atoms with Crippen LogP contribution in [0.5, 0.6) is 0 Å². The van der Waals surface area contributed by atoms with Gasteiger partial charge in [-0.25, -0.2) is 4.79 Å². The highest BCUT2D eigenvalue weighted by Gasteiger charge is 2.32. The lowest BCUT2D eigenvalue weighted by atomic mass is 10.1. The number of urea groups is 1. The second-order valence-electron chi connectivity index (χ2n) is 7.53. The van der Waals surface area contributed by atoms with E-state index in [1.54, 1.807) is 29.0 Å². The Labute approximate surface area is 174 Å². The lowest BCUT2D eigenvalue weighted by Gasteiger charge is -2.17. The fraction of sp³-hybridized carbons (Fsp3) is 0.273. The van der Waals surface area contributed by atoms with E-state index in [4.69, 9.17) is 0 Å². The van der Waals surface area contributed by atoms with Crippen molar-refractivity contribution in [3.05, 3.63) is 76.4 Å². The lowest BCUT2D eigenvalue weighted by Crippen LogP contribution is -2.31. The van der Waals surface area contributed by atoms with E-state index >= 15 is 0 Å². The number of rotatable bonds is 4. The van der Waals surface area contributed by atoms with Crippen molar-refractivity contribution in [1.29, 1.82) is 0 Å². The van der Waals surface area contributed by atoms with E-state index in [9.17, 15) is 9.59 Å². The molecule has 0 spiro atoms. The normalized spacial score (nSPS) is 12.6. The number of nitrogens with zero attached hydrogens (tertiary/aromatic N) is 4. The number of aromatic nitrogens is 3. The van der Waals surface area contributed by atoms with Gasteiger partial charge in [-0.1, -0.05) is 12.1 Å². The Morgan fingerprint density at radius 1 is 1.13 bits per heavy atom. The third-order valence-electron chi connectivity index (χ3n) is 5.40. The molecule has 0 saturated carbocycles. The first-order valence-electron chi connectivity index (χ1n) is 9.77. The number of carbonyl (C=O) groups excluding carboxylic acids is 2. The quantitative estimate of drug-likeness (QED) is 0.699. The summed E-state index contributed by atoms with van der Waals surface area (Å²) in [5.41, 5.74) is 5.98. The van der Waals surface area contributed by atoms with Crippen LogP contribution in [-0.2, 0) is 26.7 Å². The number of carbonyl (C=O) groups is 2. The van der Waals surface area contributed by atoms with Gasteiger partial charge in [-0.15, -0.1) is 0 Å². The van der Waals surface area contributed by atoms with Crippen LogP contribution >= 0.6 is 0 Å². The minimum absolute atomic E-state index is 0.198. The molecule has 4 rings (SSSR count). The topological polar surface area (TPSA) is 92.2 Å². The molecule has 0 bridgehead atoms. The van der Waals surface area contributed by atoms with Crippen molar-refractivity contribution in [3.8, 4) is 0 Å². The van der Waals surface area contributed by atoms with Gasteiger partial charge in [0.2, 0.25) is 0 Å². The largest absolute Gasteiger partial charge is 0.346 e. The molecule has 3 aromatic rings. The zero-order valence-corrected chi connectivity index (χ0v) is 17.3. The molecule has 3 amide bonds. The Bertz CT molecular complexity index is 1110. The van der Waals surface area contributed by atoms with Gasteiger partial charge < -0.3 is 15.5 Å². The first kappa shape index (κ1) is 19.6. The van der Waals surface area contributed by atoms with Crippen molar-refractivity contribution in [3.63, 3.8) is 0 Å². The first-order chi connectivity index (χ1) is 14.4. The Kier molecular flexibility index (Phi) is 5.22. The minimum Gasteiger partial charge on any atom is -0.346 e.